The van der Waals surface area contributed by atoms with E-state index in [0.717, 1.165) is 0 Å². The summed E-state index contributed by atoms with van der Waals surface area (Å²) in [5, 5.41) is 3.19. The van der Waals surface area contributed by atoms with Crippen molar-refractivity contribution >= 4 is 29.2 Å². The Balaban J connectivity index is 2.20. The average molecular weight is 347 g/mol. The first-order chi connectivity index (χ1) is 11.4. The van der Waals surface area contributed by atoms with Gasteiger partial charge in [0.25, 0.3) is 0 Å². The minimum absolute atomic E-state index is 0.0770. The molecule has 24 heavy (non-hydrogen) atoms. The van der Waals surface area contributed by atoms with E-state index in [-0.39, 0.29) is 16.7 Å². The summed E-state index contributed by atoms with van der Waals surface area (Å²) in [6.07, 6.45) is 0. The van der Waals surface area contributed by atoms with Gasteiger partial charge in [0.15, 0.2) is 5.96 Å². The summed E-state index contributed by atoms with van der Waals surface area (Å²) >= 11 is 6.03. The number of benzene rings is 2. The number of halogens is 1. The maximum Gasteiger partial charge on any atom is 0.343 e. The number of rotatable bonds is 5. The van der Waals surface area contributed by atoms with Crippen molar-refractivity contribution in [1.29, 1.82) is 0 Å². The first kappa shape index (κ1) is 17.4. The minimum atomic E-state index is -0.600. The Morgan fingerprint density at radius 3 is 2.42 bits per heavy atom. The van der Waals surface area contributed by atoms with Gasteiger partial charge in [-0.05, 0) is 48.9 Å². The predicted molar refractivity (Wildman–Crippen MR) is 92.5 cm³/mol. The summed E-state index contributed by atoms with van der Waals surface area (Å²) < 4.78 is 5.29. The molecule has 0 aliphatic heterocycles. The van der Waals surface area contributed by atoms with E-state index in [9.17, 15) is 9.70 Å². The lowest BCUT2D eigenvalue weighted by molar-refractivity contribution is 0.0734. The third-order valence-electron chi connectivity index (χ3n) is 3.16. The maximum atomic E-state index is 12.2. The van der Waals surface area contributed by atoms with Crippen molar-refractivity contribution in [2.75, 3.05) is 0 Å². The fraction of sp³-hybridized carbons (Fsp3) is 0.125. The zero-order valence-corrected chi connectivity index (χ0v) is 13.5. The van der Waals surface area contributed by atoms with Crippen LogP contribution in [0.4, 0.5) is 5.69 Å². The highest BCUT2D eigenvalue weighted by molar-refractivity contribution is 6.32. The van der Waals surface area contributed by atoms with E-state index in [0.29, 0.717) is 16.8 Å². The number of hydrogen-bond acceptors (Lipinski definition) is 5. The lowest BCUT2D eigenvalue weighted by Crippen LogP contribution is -2.21. The van der Waals surface area contributed by atoms with E-state index < -0.39 is 12.0 Å². The van der Waals surface area contributed by atoms with Gasteiger partial charge in [-0.25, -0.2) is 9.79 Å². The van der Waals surface area contributed by atoms with Crippen LogP contribution in [0.15, 0.2) is 52.6 Å². The Hall–Kier alpha value is -2.93. The number of carbonyl (C=O) groups excluding carboxylic acids is 1. The molecule has 124 valence electrons. The molecule has 2 aromatic rings. The number of hydrogen-bond donors (Lipinski definition) is 2. The highest BCUT2D eigenvalue weighted by atomic mass is 35.5. The molecule has 0 saturated heterocycles. The topological polar surface area (TPSA) is 120 Å². The highest BCUT2D eigenvalue weighted by Gasteiger charge is 2.14. The van der Waals surface area contributed by atoms with Gasteiger partial charge in [0.2, 0.25) is 0 Å². The lowest BCUT2D eigenvalue weighted by Gasteiger charge is -2.09. The average Bonchev–Trinajstić information content (AvgIpc) is 2.56. The Kier molecular flexibility index (Phi) is 5.49. The Bertz CT molecular complexity index is 786. The molecule has 0 spiro atoms. The van der Waals surface area contributed by atoms with E-state index in [1.165, 1.54) is 18.2 Å². The number of nitroso groups, excluding NO2 is 1. The number of ether oxygens (including phenoxy) is 1. The SMILES string of the molecule is CC(N=O)c1ccc(Cl)c(OC(=O)c2ccc(N=C(N)N)cc2)c1. The number of esters is 1. The molecule has 0 bridgehead atoms. The number of aliphatic imine (C=N–C) groups is 1. The van der Waals surface area contributed by atoms with Gasteiger partial charge in [-0.1, -0.05) is 22.8 Å². The van der Waals surface area contributed by atoms with Crippen molar-refractivity contribution in [3.05, 3.63) is 63.5 Å². The fourth-order valence-corrected chi connectivity index (χ4v) is 2.05. The molecule has 0 fully saturated rings. The predicted octanol–water partition coefficient (Wildman–Crippen LogP) is 3.29. The Morgan fingerprint density at radius 2 is 1.83 bits per heavy atom. The normalized spacial score (nSPS) is 11.4. The van der Waals surface area contributed by atoms with Gasteiger partial charge < -0.3 is 16.2 Å². The second kappa shape index (κ2) is 7.56. The second-order valence-electron chi connectivity index (χ2n) is 4.94. The number of nitrogens with zero attached hydrogens (tertiary/aromatic N) is 2. The van der Waals surface area contributed by atoms with Crippen LogP contribution in [-0.4, -0.2) is 11.9 Å². The van der Waals surface area contributed by atoms with Crippen molar-refractivity contribution in [1.82, 2.24) is 0 Å². The van der Waals surface area contributed by atoms with Gasteiger partial charge >= 0.3 is 5.97 Å². The van der Waals surface area contributed by atoms with Crippen molar-refractivity contribution < 1.29 is 9.53 Å². The van der Waals surface area contributed by atoms with E-state index >= 15 is 0 Å². The first-order valence-corrected chi connectivity index (χ1v) is 7.32. The van der Waals surface area contributed by atoms with Crippen LogP contribution in [0.2, 0.25) is 5.02 Å². The van der Waals surface area contributed by atoms with E-state index in [4.69, 9.17) is 27.8 Å². The van der Waals surface area contributed by atoms with Crippen LogP contribution in [0.1, 0.15) is 28.9 Å². The second-order valence-corrected chi connectivity index (χ2v) is 5.35. The summed E-state index contributed by atoms with van der Waals surface area (Å²) in [6.45, 7) is 1.63. The summed E-state index contributed by atoms with van der Waals surface area (Å²) in [4.78, 5) is 26.7. The molecule has 7 nitrogen and oxygen atoms in total. The van der Waals surface area contributed by atoms with Crippen LogP contribution in [0, 0.1) is 4.91 Å². The van der Waals surface area contributed by atoms with Gasteiger partial charge in [0, 0.05) is 0 Å². The van der Waals surface area contributed by atoms with Crippen molar-refractivity contribution in [3.8, 4) is 5.75 Å². The molecule has 2 aromatic carbocycles. The summed E-state index contributed by atoms with van der Waals surface area (Å²) in [5.41, 5.74) is 12.0. The fourth-order valence-electron chi connectivity index (χ4n) is 1.90. The molecule has 8 heteroatoms. The molecular formula is C16H15ClN4O3. The standard InChI is InChI=1S/C16H15ClN4O3/c1-9(21-23)11-4-7-13(17)14(8-11)24-15(22)10-2-5-12(6-3-10)20-16(18)19/h2-9H,1H3,(H4,18,19,20). The van der Waals surface area contributed by atoms with Crippen molar-refractivity contribution in [2.45, 2.75) is 13.0 Å². The smallest absolute Gasteiger partial charge is 0.343 e. The van der Waals surface area contributed by atoms with E-state index in [1.54, 1.807) is 31.2 Å². The van der Waals surface area contributed by atoms with Gasteiger partial charge in [0.1, 0.15) is 11.8 Å². The van der Waals surface area contributed by atoms with E-state index in [1.807, 2.05) is 0 Å². The molecule has 1 atom stereocenters. The first-order valence-electron chi connectivity index (χ1n) is 6.94. The van der Waals surface area contributed by atoms with Gasteiger partial charge in [-0.2, -0.15) is 4.91 Å². The monoisotopic (exact) mass is 346 g/mol. The molecule has 2 rings (SSSR count). The summed E-state index contributed by atoms with van der Waals surface area (Å²) in [7, 11) is 0. The third kappa shape index (κ3) is 4.30. The van der Waals surface area contributed by atoms with Crippen LogP contribution in [0.3, 0.4) is 0 Å². The van der Waals surface area contributed by atoms with Gasteiger partial charge in [-0.3, -0.25) is 0 Å². The highest BCUT2D eigenvalue weighted by Crippen LogP contribution is 2.30. The minimum Gasteiger partial charge on any atom is -0.421 e. The molecule has 0 saturated carbocycles. The molecule has 1 unspecified atom stereocenters. The maximum absolute atomic E-state index is 12.2. The largest absolute Gasteiger partial charge is 0.421 e. The molecular weight excluding hydrogens is 332 g/mol. The molecule has 0 aromatic heterocycles. The zero-order chi connectivity index (χ0) is 17.7. The van der Waals surface area contributed by atoms with Gasteiger partial charge in [0.05, 0.1) is 16.3 Å². The molecule has 0 radical (unpaired) electrons. The molecule has 0 aliphatic carbocycles. The van der Waals surface area contributed by atoms with Crippen LogP contribution < -0.4 is 16.2 Å². The van der Waals surface area contributed by atoms with Crippen LogP contribution in [-0.2, 0) is 0 Å². The van der Waals surface area contributed by atoms with Crippen LogP contribution >= 0.6 is 11.6 Å². The molecule has 0 aliphatic rings. The Morgan fingerprint density at radius 1 is 1.17 bits per heavy atom. The van der Waals surface area contributed by atoms with Crippen LogP contribution in [0.5, 0.6) is 5.75 Å². The number of guanidine groups is 1. The molecule has 4 N–H and O–H groups in total. The van der Waals surface area contributed by atoms with Gasteiger partial charge in [-0.15, -0.1) is 0 Å². The Labute approximate surface area is 143 Å². The quantitative estimate of drug-likeness (QED) is 0.283. The summed E-state index contributed by atoms with van der Waals surface area (Å²) in [6, 6.07) is 10.3. The van der Waals surface area contributed by atoms with Crippen LogP contribution in [0.25, 0.3) is 0 Å². The molecule has 0 amide bonds. The zero-order valence-electron chi connectivity index (χ0n) is 12.8. The third-order valence-corrected chi connectivity index (χ3v) is 3.47. The van der Waals surface area contributed by atoms with Crippen molar-refractivity contribution in [3.63, 3.8) is 0 Å². The molecule has 0 heterocycles. The number of nitrogens with two attached hydrogens (primary N) is 2. The lowest BCUT2D eigenvalue weighted by atomic mass is 10.1. The van der Waals surface area contributed by atoms with Crippen molar-refractivity contribution in [2.24, 2.45) is 21.6 Å². The number of carbonyl (C=O) groups is 1. The van der Waals surface area contributed by atoms with E-state index in [2.05, 4.69) is 10.2 Å². The summed E-state index contributed by atoms with van der Waals surface area (Å²) in [5.74, 6) is -0.521.